The molecule has 2 aromatic carbocycles. The maximum absolute atomic E-state index is 12.6. The summed E-state index contributed by atoms with van der Waals surface area (Å²) in [4.78, 5) is 17.6. The van der Waals surface area contributed by atoms with E-state index in [2.05, 4.69) is 77.4 Å². The highest BCUT2D eigenvalue weighted by Gasteiger charge is 2.28. The van der Waals surface area contributed by atoms with E-state index in [1.807, 2.05) is 0 Å². The number of hydrogen-bond acceptors (Lipinski definition) is 4. The Morgan fingerprint density at radius 2 is 1.15 bits per heavy atom. The Morgan fingerprint density at radius 1 is 0.659 bits per heavy atom. The second kappa shape index (κ2) is 21.5. The van der Waals surface area contributed by atoms with E-state index in [4.69, 9.17) is 4.74 Å². The minimum Gasteiger partial charge on any atom is -0.464 e. The minimum absolute atomic E-state index is 0.0282. The molecule has 0 aromatic heterocycles. The molecular weight excluding hydrogens is 504 g/mol. The van der Waals surface area contributed by atoms with Gasteiger partial charge in [-0.1, -0.05) is 157 Å². The number of nitrogens with zero attached hydrogens (tertiary/aromatic N) is 2. The SMILES string of the molecule is CCCCCCCCCCCCCCCCCC(=O)OCC1CN(Cc2ccccc2)CCN1Cc1ccccc1. The maximum Gasteiger partial charge on any atom is 0.305 e. The molecule has 1 atom stereocenters. The lowest BCUT2D eigenvalue weighted by atomic mass is 10.0. The van der Waals surface area contributed by atoms with Gasteiger partial charge in [0.25, 0.3) is 0 Å². The van der Waals surface area contributed by atoms with Crippen molar-refractivity contribution in [3.63, 3.8) is 0 Å². The Hall–Kier alpha value is -2.17. The van der Waals surface area contributed by atoms with Gasteiger partial charge in [0.2, 0.25) is 0 Å². The standard InChI is InChI=1S/C37H58N2O2/c1-2-3-4-5-6-7-8-9-10-11-12-13-14-15-22-27-37(40)41-33-36-32-38(30-34-23-18-16-19-24-34)28-29-39(36)31-35-25-20-17-21-26-35/h16-21,23-26,36H,2-15,22,27-33H2,1H3. The van der Waals surface area contributed by atoms with Crippen LogP contribution in [0.5, 0.6) is 0 Å². The summed E-state index contributed by atoms with van der Waals surface area (Å²) in [5, 5.41) is 0. The van der Waals surface area contributed by atoms with E-state index >= 15 is 0 Å². The quantitative estimate of drug-likeness (QED) is 0.106. The first-order valence-corrected chi connectivity index (χ1v) is 16.9. The fourth-order valence-electron chi connectivity index (χ4n) is 6.03. The van der Waals surface area contributed by atoms with Crippen molar-refractivity contribution >= 4 is 5.97 Å². The number of ether oxygens (including phenoxy) is 1. The van der Waals surface area contributed by atoms with Crippen molar-refractivity contribution in [2.75, 3.05) is 26.2 Å². The summed E-state index contributed by atoms with van der Waals surface area (Å²) in [6, 6.07) is 21.6. The Morgan fingerprint density at radius 3 is 1.68 bits per heavy atom. The largest absolute Gasteiger partial charge is 0.464 e. The molecule has 1 fully saturated rings. The molecule has 0 bridgehead atoms. The van der Waals surface area contributed by atoms with Gasteiger partial charge in [-0.2, -0.15) is 0 Å². The number of esters is 1. The molecule has 1 unspecified atom stereocenters. The van der Waals surface area contributed by atoms with Gasteiger partial charge >= 0.3 is 5.97 Å². The Labute approximate surface area is 251 Å². The van der Waals surface area contributed by atoms with Gasteiger partial charge in [0, 0.05) is 39.1 Å². The normalized spacial score (nSPS) is 16.2. The van der Waals surface area contributed by atoms with Crippen LogP contribution < -0.4 is 0 Å². The highest BCUT2D eigenvalue weighted by molar-refractivity contribution is 5.69. The number of carbonyl (C=O) groups is 1. The monoisotopic (exact) mass is 562 g/mol. The molecule has 1 aliphatic heterocycles. The van der Waals surface area contributed by atoms with Crippen LogP contribution in [0, 0.1) is 0 Å². The lowest BCUT2D eigenvalue weighted by Crippen LogP contribution is -2.54. The number of benzene rings is 2. The van der Waals surface area contributed by atoms with Crippen LogP contribution in [0.1, 0.15) is 121 Å². The molecule has 0 radical (unpaired) electrons. The van der Waals surface area contributed by atoms with Gasteiger partial charge in [0.15, 0.2) is 0 Å². The average Bonchev–Trinajstić information content (AvgIpc) is 3.00. The van der Waals surface area contributed by atoms with E-state index in [1.54, 1.807) is 0 Å². The third-order valence-electron chi connectivity index (χ3n) is 8.59. The number of unbranched alkanes of at least 4 members (excludes halogenated alkanes) is 14. The Balaban J connectivity index is 1.26. The van der Waals surface area contributed by atoms with E-state index < -0.39 is 0 Å². The minimum atomic E-state index is -0.0282. The van der Waals surface area contributed by atoms with Crippen molar-refractivity contribution in [2.24, 2.45) is 0 Å². The summed E-state index contributed by atoms with van der Waals surface area (Å²) in [5.41, 5.74) is 2.66. The van der Waals surface area contributed by atoms with Gasteiger partial charge in [0.05, 0.1) is 6.04 Å². The van der Waals surface area contributed by atoms with Crippen LogP contribution >= 0.6 is 0 Å². The molecule has 0 aliphatic carbocycles. The number of rotatable bonds is 22. The molecule has 228 valence electrons. The van der Waals surface area contributed by atoms with Crippen molar-refractivity contribution in [1.82, 2.24) is 9.80 Å². The number of hydrogen-bond donors (Lipinski definition) is 0. The Bertz CT molecular complexity index is 904. The van der Waals surface area contributed by atoms with Crippen molar-refractivity contribution in [2.45, 2.75) is 129 Å². The van der Waals surface area contributed by atoms with Gasteiger partial charge in [-0.25, -0.2) is 0 Å². The molecule has 0 amide bonds. The van der Waals surface area contributed by atoms with Crippen LogP contribution in [0.15, 0.2) is 60.7 Å². The Kier molecular flexibility index (Phi) is 17.5. The van der Waals surface area contributed by atoms with Gasteiger partial charge in [-0.15, -0.1) is 0 Å². The summed E-state index contributed by atoms with van der Waals surface area (Å²) in [6.45, 7) is 7.57. The summed E-state index contributed by atoms with van der Waals surface area (Å²) in [7, 11) is 0. The second-order valence-electron chi connectivity index (χ2n) is 12.2. The summed E-state index contributed by atoms with van der Waals surface area (Å²) in [6.07, 6.45) is 20.6. The van der Waals surface area contributed by atoms with E-state index in [0.717, 1.165) is 45.6 Å². The first kappa shape index (κ1) is 33.3. The molecule has 4 nitrogen and oxygen atoms in total. The van der Waals surface area contributed by atoms with Gasteiger partial charge in [-0.3, -0.25) is 14.6 Å². The van der Waals surface area contributed by atoms with Crippen LogP contribution in [-0.4, -0.2) is 48.1 Å². The van der Waals surface area contributed by atoms with Crippen LogP contribution in [0.3, 0.4) is 0 Å². The van der Waals surface area contributed by atoms with Crippen LogP contribution in [-0.2, 0) is 22.6 Å². The fourth-order valence-corrected chi connectivity index (χ4v) is 6.03. The highest BCUT2D eigenvalue weighted by Crippen LogP contribution is 2.18. The van der Waals surface area contributed by atoms with E-state index in [1.165, 1.54) is 94.6 Å². The first-order valence-electron chi connectivity index (χ1n) is 16.9. The van der Waals surface area contributed by atoms with E-state index in [0.29, 0.717) is 13.0 Å². The summed E-state index contributed by atoms with van der Waals surface area (Å²) in [5.74, 6) is -0.0282. The van der Waals surface area contributed by atoms with Crippen molar-refractivity contribution < 1.29 is 9.53 Å². The molecule has 1 heterocycles. The summed E-state index contributed by atoms with van der Waals surface area (Å²) < 4.78 is 5.86. The molecule has 0 saturated carbocycles. The molecule has 0 N–H and O–H groups in total. The predicted octanol–water partition coefficient (Wildman–Crippen LogP) is 9.18. The van der Waals surface area contributed by atoms with Gasteiger partial charge < -0.3 is 4.74 Å². The van der Waals surface area contributed by atoms with E-state index in [-0.39, 0.29) is 12.0 Å². The zero-order valence-corrected chi connectivity index (χ0v) is 26.1. The first-order chi connectivity index (χ1) is 20.2. The average molecular weight is 563 g/mol. The van der Waals surface area contributed by atoms with Gasteiger partial charge in [-0.05, 0) is 17.5 Å². The molecule has 1 saturated heterocycles. The smallest absolute Gasteiger partial charge is 0.305 e. The van der Waals surface area contributed by atoms with Crippen LogP contribution in [0.2, 0.25) is 0 Å². The maximum atomic E-state index is 12.6. The molecular formula is C37H58N2O2. The second-order valence-corrected chi connectivity index (χ2v) is 12.2. The molecule has 4 heteroatoms. The molecule has 2 aromatic rings. The lowest BCUT2D eigenvalue weighted by Gasteiger charge is -2.41. The zero-order chi connectivity index (χ0) is 28.8. The van der Waals surface area contributed by atoms with Crippen LogP contribution in [0.25, 0.3) is 0 Å². The predicted molar refractivity (Wildman–Crippen MR) is 173 cm³/mol. The topological polar surface area (TPSA) is 32.8 Å². The van der Waals surface area contributed by atoms with Crippen molar-refractivity contribution in [3.8, 4) is 0 Å². The molecule has 0 spiro atoms. The zero-order valence-electron chi connectivity index (χ0n) is 26.1. The number of carbonyl (C=O) groups excluding carboxylic acids is 1. The lowest BCUT2D eigenvalue weighted by molar-refractivity contribution is -0.146. The third-order valence-corrected chi connectivity index (χ3v) is 8.59. The third kappa shape index (κ3) is 15.0. The van der Waals surface area contributed by atoms with E-state index in [9.17, 15) is 4.79 Å². The molecule has 3 rings (SSSR count). The van der Waals surface area contributed by atoms with Crippen LogP contribution in [0.4, 0.5) is 0 Å². The molecule has 41 heavy (non-hydrogen) atoms. The highest BCUT2D eigenvalue weighted by atomic mass is 16.5. The number of piperazine rings is 1. The van der Waals surface area contributed by atoms with Crippen molar-refractivity contribution in [1.29, 1.82) is 0 Å². The van der Waals surface area contributed by atoms with Crippen molar-refractivity contribution in [3.05, 3.63) is 71.8 Å². The summed E-state index contributed by atoms with van der Waals surface area (Å²) >= 11 is 0. The fraction of sp³-hybridized carbons (Fsp3) is 0.649. The molecule has 1 aliphatic rings. The van der Waals surface area contributed by atoms with Gasteiger partial charge in [0.1, 0.15) is 6.61 Å².